The van der Waals surface area contributed by atoms with Gasteiger partial charge in [0.15, 0.2) is 0 Å². The molecule has 12 nitrogen and oxygen atoms in total. The Morgan fingerprint density at radius 2 is 1.14 bits per heavy atom. The minimum absolute atomic E-state index is 0.0634. The summed E-state index contributed by atoms with van der Waals surface area (Å²) in [5.41, 5.74) is 2.92. The quantitative estimate of drug-likeness (QED) is 0.177. The van der Waals surface area contributed by atoms with Crippen LogP contribution in [0.15, 0.2) is 36.7 Å². The van der Waals surface area contributed by atoms with E-state index in [1.807, 2.05) is 77.8 Å². The minimum atomic E-state index is -0.728. The van der Waals surface area contributed by atoms with Crippen LogP contribution >= 0.6 is 0 Å². The lowest BCUT2D eigenvalue weighted by Crippen LogP contribution is -2.53. The summed E-state index contributed by atoms with van der Waals surface area (Å²) in [4.78, 5) is 57.8. The van der Waals surface area contributed by atoms with Crippen molar-refractivity contribution in [3.05, 3.63) is 70.8 Å². The van der Waals surface area contributed by atoms with Gasteiger partial charge in [0.05, 0.1) is 38.6 Å². The van der Waals surface area contributed by atoms with Gasteiger partial charge in [0.1, 0.15) is 29.1 Å². The molecule has 0 saturated heterocycles. The first-order valence-corrected chi connectivity index (χ1v) is 17.7. The largest absolute Gasteiger partial charge is 0.453 e. The van der Waals surface area contributed by atoms with Crippen molar-refractivity contribution in [2.24, 2.45) is 11.8 Å². The lowest BCUT2D eigenvalue weighted by molar-refractivity contribution is -0.138. The average Bonchev–Trinajstić information content (AvgIpc) is 3.78. The SMILES string of the molecule is CC[C@H](C)N(Cc1ncc(C#Cc2ccc(C#Cc3cnc(CN(C(=O)[C@@H](NC(=O)OC)C(C)C)[C@@H](C)CC)[nH]3)cc2)[nH]1)C(=O)C(NC)C(C)C. The molecule has 0 spiro atoms. The van der Waals surface area contributed by atoms with Crippen LogP contribution in [0.3, 0.4) is 0 Å². The number of ether oxygens (including phenoxy) is 1. The van der Waals surface area contributed by atoms with Crippen LogP contribution in [0.5, 0.6) is 0 Å². The van der Waals surface area contributed by atoms with Crippen LogP contribution in [0.2, 0.25) is 0 Å². The van der Waals surface area contributed by atoms with Crippen molar-refractivity contribution in [1.82, 2.24) is 40.4 Å². The fraction of sp³-hybridized carbons (Fsp3) is 0.513. The molecule has 51 heavy (non-hydrogen) atoms. The zero-order valence-corrected chi connectivity index (χ0v) is 31.7. The molecule has 2 heterocycles. The number of H-pyrrole nitrogens is 2. The van der Waals surface area contributed by atoms with E-state index in [0.29, 0.717) is 29.6 Å². The maximum atomic E-state index is 13.5. The van der Waals surface area contributed by atoms with Gasteiger partial charge in [0, 0.05) is 23.2 Å². The van der Waals surface area contributed by atoms with Gasteiger partial charge in [0.2, 0.25) is 11.8 Å². The fourth-order valence-corrected chi connectivity index (χ4v) is 5.39. The van der Waals surface area contributed by atoms with Gasteiger partial charge < -0.3 is 35.1 Å². The first-order chi connectivity index (χ1) is 24.3. The molecular formula is C39H54N8O4. The van der Waals surface area contributed by atoms with E-state index in [-0.39, 0.29) is 48.3 Å². The summed E-state index contributed by atoms with van der Waals surface area (Å²) in [5, 5.41) is 5.82. The Morgan fingerprint density at radius 3 is 1.49 bits per heavy atom. The third-order valence-electron chi connectivity index (χ3n) is 8.91. The van der Waals surface area contributed by atoms with Crippen molar-refractivity contribution in [2.75, 3.05) is 14.2 Å². The van der Waals surface area contributed by atoms with Crippen LogP contribution in [0, 0.1) is 35.5 Å². The predicted molar refractivity (Wildman–Crippen MR) is 198 cm³/mol. The number of carbonyl (C=O) groups is 3. The molecule has 2 aromatic heterocycles. The van der Waals surface area contributed by atoms with Crippen molar-refractivity contribution in [1.29, 1.82) is 0 Å². The van der Waals surface area contributed by atoms with Crippen LogP contribution in [-0.2, 0) is 27.4 Å². The molecule has 1 unspecified atom stereocenters. The van der Waals surface area contributed by atoms with Gasteiger partial charge in [-0.1, -0.05) is 53.4 Å². The molecule has 4 atom stereocenters. The van der Waals surface area contributed by atoms with Gasteiger partial charge >= 0.3 is 6.09 Å². The summed E-state index contributed by atoms with van der Waals surface area (Å²) >= 11 is 0. The number of likely N-dealkylation sites (N-methyl/N-ethyl adjacent to an activating group) is 1. The number of hydrogen-bond donors (Lipinski definition) is 4. The third-order valence-corrected chi connectivity index (χ3v) is 8.91. The summed E-state index contributed by atoms with van der Waals surface area (Å²) in [6.45, 7) is 16.6. The minimum Gasteiger partial charge on any atom is -0.453 e. The molecule has 3 amide bonds. The molecule has 0 saturated carbocycles. The molecule has 0 bridgehead atoms. The Bertz CT molecular complexity index is 1720. The zero-order valence-electron chi connectivity index (χ0n) is 31.7. The summed E-state index contributed by atoms with van der Waals surface area (Å²) in [6, 6.07) is 6.62. The van der Waals surface area contributed by atoms with Gasteiger partial charge in [-0.15, -0.1) is 0 Å². The molecule has 0 aliphatic carbocycles. The van der Waals surface area contributed by atoms with E-state index in [9.17, 15) is 14.4 Å². The first-order valence-electron chi connectivity index (χ1n) is 17.7. The van der Waals surface area contributed by atoms with E-state index in [4.69, 9.17) is 4.74 Å². The number of alkyl carbamates (subject to hydrolysis) is 1. The van der Waals surface area contributed by atoms with Crippen molar-refractivity contribution >= 4 is 17.9 Å². The highest BCUT2D eigenvalue weighted by Gasteiger charge is 2.32. The highest BCUT2D eigenvalue weighted by molar-refractivity contribution is 5.86. The molecule has 12 heteroatoms. The van der Waals surface area contributed by atoms with Crippen molar-refractivity contribution in [2.45, 2.75) is 105 Å². The predicted octanol–water partition coefficient (Wildman–Crippen LogP) is 4.81. The number of benzene rings is 1. The summed E-state index contributed by atoms with van der Waals surface area (Å²) < 4.78 is 4.73. The fourth-order valence-electron chi connectivity index (χ4n) is 5.39. The van der Waals surface area contributed by atoms with Crippen LogP contribution in [0.1, 0.15) is 102 Å². The molecule has 3 rings (SSSR count). The lowest BCUT2D eigenvalue weighted by Gasteiger charge is -2.33. The standard InChI is InChI=1S/C39H54N8O4/c1-11-27(7)46(37(48)35(40-9)25(3)4)23-33-41-21-31(43-33)19-17-29-13-15-30(16-14-29)18-20-32-22-42-34(44-32)24-47(28(8)12-2)38(49)36(26(5)6)45-39(50)51-10/h13-16,21-22,25-28,35-36,40H,11-12,23-24H2,1-10H3,(H,41,43)(H,42,44)(H,45,50)/t27-,28-,35?,36-/m0/s1. The first kappa shape index (κ1) is 40.4. The molecule has 4 N–H and O–H groups in total. The normalized spacial score (nSPS) is 13.3. The molecule has 0 aliphatic rings. The number of aromatic amines is 2. The van der Waals surface area contributed by atoms with Gasteiger partial charge in [-0.05, 0) is 81.7 Å². The van der Waals surface area contributed by atoms with Crippen LogP contribution < -0.4 is 10.6 Å². The average molecular weight is 699 g/mol. The smallest absolute Gasteiger partial charge is 0.407 e. The molecule has 1 aromatic carbocycles. The highest BCUT2D eigenvalue weighted by atomic mass is 16.5. The van der Waals surface area contributed by atoms with Gasteiger partial charge in [-0.2, -0.15) is 0 Å². The maximum Gasteiger partial charge on any atom is 0.407 e. The Morgan fingerprint density at radius 1 is 0.725 bits per heavy atom. The number of aromatic nitrogens is 4. The maximum absolute atomic E-state index is 13.5. The molecule has 0 radical (unpaired) electrons. The topological polar surface area (TPSA) is 148 Å². The summed E-state index contributed by atoms with van der Waals surface area (Å²) in [7, 11) is 3.09. The number of methoxy groups -OCH3 is 1. The molecular weight excluding hydrogens is 644 g/mol. The number of amides is 3. The Labute approximate surface area is 302 Å². The highest BCUT2D eigenvalue weighted by Crippen LogP contribution is 2.16. The van der Waals surface area contributed by atoms with Crippen LogP contribution in [0.4, 0.5) is 4.79 Å². The summed E-state index contributed by atoms with van der Waals surface area (Å²) in [6.07, 6.45) is 4.27. The van der Waals surface area contributed by atoms with E-state index in [2.05, 4.69) is 68.1 Å². The number of nitrogens with one attached hydrogen (secondary N) is 4. The number of rotatable bonds is 14. The van der Waals surface area contributed by atoms with Gasteiger partial charge in [-0.3, -0.25) is 9.59 Å². The van der Waals surface area contributed by atoms with E-state index >= 15 is 0 Å². The molecule has 274 valence electrons. The van der Waals surface area contributed by atoms with E-state index in [1.165, 1.54) is 7.11 Å². The Hall–Kier alpha value is -5.07. The Kier molecular flexibility index (Phi) is 15.3. The second-order valence-electron chi connectivity index (χ2n) is 13.4. The number of hydrogen-bond acceptors (Lipinski definition) is 7. The monoisotopic (exact) mass is 698 g/mol. The van der Waals surface area contributed by atoms with Crippen molar-refractivity contribution in [3.8, 4) is 23.7 Å². The van der Waals surface area contributed by atoms with E-state index in [1.54, 1.807) is 17.3 Å². The number of imidazole rings is 2. The second kappa shape index (κ2) is 19.4. The molecule has 3 aromatic rings. The Balaban J connectivity index is 1.67. The van der Waals surface area contributed by atoms with Crippen LogP contribution in [0.25, 0.3) is 0 Å². The van der Waals surface area contributed by atoms with Gasteiger partial charge in [-0.25, -0.2) is 14.8 Å². The molecule has 0 fully saturated rings. The van der Waals surface area contributed by atoms with Gasteiger partial charge in [0.25, 0.3) is 0 Å². The molecule has 0 aliphatic heterocycles. The van der Waals surface area contributed by atoms with E-state index < -0.39 is 12.1 Å². The lowest BCUT2D eigenvalue weighted by atomic mass is 10.0. The second-order valence-corrected chi connectivity index (χ2v) is 13.4. The van der Waals surface area contributed by atoms with Crippen molar-refractivity contribution < 1.29 is 19.1 Å². The van der Waals surface area contributed by atoms with Crippen LogP contribution in [-0.4, -0.2) is 86.0 Å². The van der Waals surface area contributed by atoms with E-state index in [0.717, 1.165) is 24.0 Å². The third kappa shape index (κ3) is 11.5. The zero-order chi connectivity index (χ0) is 37.7. The van der Waals surface area contributed by atoms with Crippen molar-refractivity contribution in [3.63, 3.8) is 0 Å². The number of carbonyl (C=O) groups excluding carboxylic acids is 3. The summed E-state index contributed by atoms with van der Waals surface area (Å²) in [5.74, 6) is 13.7. The number of nitrogens with zero attached hydrogens (tertiary/aromatic N) is 4.